The number of pyridine rings is 1. The predicted octanol–water partition coefficient (Wildman–Crippen LogP) is 5.36. The van der Waals surface area contributed by atoms with Crippen molar-refractivity contribution in [3.05, 3.63) is 76.2 Å². The Morgan fingerprint density at radius 3 is 2.52 bits per heavy atom. The molecule has 0 aliphatic carbocycles. The first kappa shape index (κ1) is 16.4. The molecule has 2 aromatic carbocycles. The third kappa shape index (κ3) is 2.70. The molecule has 0 aliphatic heterocycles. The SMILES string of the molecule is Oc1ccc2ncc3sccc3c2c1-c1ccc(C(O)c2nccs2)cc1. The summed E-state index contributed by atoms with van der Waals surface area (Å²) >= 11 is 3.06. The van der Waals surface area contributed by atoms with Crippen molar-refractivity contribution in [3.63, 3.8) is 0 Å². The average Bonchev–Trinajstić information content (AvgIpc) is 3.39. The molecule has 6 heteroatoms. The first-order valence-electron chi connectivity index (χ1n) is 8.38. The van der Waals surface area contributed by atoms with Gasteiger partial charge in [0.15, 0.2) is 0 Å². The van der Waals surface area contributed by atoms with Crippen LogP contribution in [0.1, 0.15) is 16.7 Å². The molecule has 0 saturated heterocycles. The number of hydrogen-bond donors (Lipinski definition) is 2. The molecule has 0 fully saturated rings. The van der Waals surface area contributed by atoms with Crippen LogP contribution < -0.4 is 0 Å². The van der Waals surface area contributed by atoms with E-state index in [0.717, 1.165) is 37.7 Å². The van der Waals surface area contributed by atoms with Crippen molar-refractivity contribution in [2.24, 2.45) is 0 Å². The number of aliphatic hydroxyl groups excluding tert-OH is 1. The molecule has 132 valence electrons. The van der Waals surface area contributed by atoms with Crippen LogP contribution in [0.25, 0.3) is 32.1 Å². The van der Waals surface area contributed by atoms with Crippen molar-refractivity contribution in [2.45, 2.75) is 6.10 Å². The van der Waals surface area contributed by atoms with Gasteiger partial charge in [-0.3, -0.25) is 4.98 Å². The summed E-state index contributed by atoms with van der Waals surface area (Å²) in [5, 5.41) is 27.7. The van der Waals surface area contributed by atoms with Crippen molar-refractivity contribution in [1.82, 2.24) is 9.97 Å². The predicted molar refractivity (Wildman–Crippen MR) is 110 cm³/mol. The number of nitrogens with zero attached hydrogens (tertiary/aromatic N) is 2. The smallest absolute Gasteiger partial charge is 0.131 e. The lowest BCUT2D eigenvalue weighted by Crippen LogP contribution is -1.98. The maximum Gasteiger partial charge on any atom is 0.131 e. The first-order chi connectivity index (χ1) is 13.2. The second-order valence-electron chi connectivity index (χ2n) is 6.21. The summed E-state index contributed by atoms with van der Waals surface area (Å²) in [6.45, 7) is 0. The summed E-state index contributed by atoms with van der Waals surface area (Å²) in [6.07, 6.45) is 2.81. The summed E-state index contributed by atoms with van der Waals surface area (Å²) in [4.78, 5) is 8.72. The van der Waals surface area contributed by atoms with Gasteiger partial charge in [0, 0.05) is 34.1 Å². The Labute approximate surface area is 163 Å². The number of thiazole rings is 1. The lowest BCUT2D eigenvalue weighted by atomic mass is 9.96. The van der Waals surface area contributed by atoms with Gasteiger partial charge in [0.1, 0.15) is 16.9 Å². The van der Waals surface area contributed by atoms with Crippen LogP contribution in [0, 0.1) is 0 Å². The van der Waals surface area contributed by atoms with Crippen LogP contribution in [0.2, 0.25) is 0 Å². The van der Waals surface area contributed by atoms with Crippen LogP contribution >= 0.6 is 22.7 Å². The van der Waals surface area contributed by atoms with Gasteiger partial charge in [0.2, 0.25) is 0 Å². The Morgan fingerprint density at radius 1 is 0.889 bits per heavy atom. The third-order valence-electron chi connectivity index (χ3n) is 4.65. The van der Waals surface area contributed by atoms with Crippen LogP contribution in [0.4, 0.5) is 0 Å². The number of rotatable bonds is 3. The van der Waals surface area contributed by atoms with Crippen molar-refractivity contribution in [1.29, 1.82) is 0 Å². The molecule has 3 heterocycles. The lowest BCUT2D eigenvalue weighted by molar-refractivity contribution is 0.220. The molecule has 0 saturated carbocycles. The number of aromatic nitrogens is 2. The van der Waals surface area contributed by atoms with Gasteiger partial charge >= 0.3 is 0 Å². The number of aromatic hydroxyl groups is 1. The van der Waals surface area contributed by atoms with Crippen molar-refractivity contribution in [2.75, 3.05) is 0 Å². The van der Waals surface area contributed by atoms with E-state index in [1.165, 1.54) is 11.3 Å². The second-order valence-corrected chi connectivity index (χ2v) is 8.08. The Morgan fingerprint density at radius 2 is 1.74 bits per heavy atom. The number of phenolic OH excluding ortho intramolecular Hbond substituents is 1. The molecule has 0 bridgehead atoms. The van der Waals surface area contributed by atoms with Crippen LogP contribution in [0.3, 0.4) is 0 Å². The zero-order valence-corrected chi connectivity index (χ0v) is 15.7. The highest BCUT2D eigenvalue weighted by Gasteiger charge is 2.16. The molecular weight excluding hydrogens is 376 g/mol. The molecule has 0 spiro atoms. The Bertz CT molecular complexity index is 1240. The summed E-state index contributed by atoms with van der Waals surface area (Å²) in [5.74, 6) is 0.219. The van der Waals surface area contributed by atoms with Crippen molar-refractivity contribution >= 4 is 43.7 Å². The fourth-order valence-electron chi connectivity index (χ4n) is 3.35. The summed E-state index contributed by atoms with van der Waals surface area (Å²) in [7, 11) is 0. The Kier molecular flexibility index (Phi) is 3.89. The van der Waals surface area contributed by atoms with Gasteiger partial charge in [-0.1, -0.05) is 24.3 Å². The normalized spacial score (nSPS) is 12.6. The largest absolute Gasteiger partial charge is 0.507 e. The van der Waals surface area contributed by atoms with E-state index in [4.69, 9.17) is 0 Å². The van der Waals surface area contributed by atoms with Gasteiger partial charge in [-0.25, -0.2) is 4.98 Å². The second kappa shape index (κ2) is 6.42. The molecule has 0 amide bonds. The van der Waals surface area contributed by atoms with Crippen LogP contribution in [0.15, 0.2) is 65.6 Å². The average molecular weight is 390 g/mol. The molecule has 0 radical (unpaired) electrons. The van der Waals surface area contributed by atoms with Crippen LogP contribution in [-0.2, 0) is 0 Å². The van der Waals surface area contributed by atoms with Crippen molar-refractivity contribution < 1.29 is 10.2 Å². The molecule has 27 heavy (non-hydrogen) atoms. The molecule has 5 rings (SSSR count). The summed E-state index contributed by atoms with van der Waals surface area (Å²) in [6, 6.07) is 13.2. The van der Waals surface area contributed by atoms with E-state index in [9.17, 15) is 10.2 Å². The highest BCUT2D eigenvalue weighted by molar-refractivity contribution is 7.17. The van der Waals surface area contributed by atoms with E-state index < -0.39 is 6.10 Å². The third-order valence-corrected chi connectivity index (χ3v) is 6.33. The summed E-state index contributed by atoms with van der Waals surface area (Å²) < 4.78 is 1.09. The highest BCUT2D eigenvalue weighted by atomic mass is 32.1. The maximum atomic E-state index is 10.6. The van der Waals surface area contributed by atoms with Crippen LogP contribution in [-0.4, -0.2) is 20.2 Å². The molecular formula is C21H14N2O2S2. The zero-order valence-electron chi connectivity index (χ0n) is 14.0. The van der Waals surface area contributed by atoms with E-state index in [1.807, 2.05) is 47.3 Å². The fourth-order valence-corrected chi connectivity index (χ4v) is 4.76. The lowest BCUT2D eigenvalue weighted by Gasteiger charge is -2.12. The Hall–Kier alpha value is -2.80. The van der Waals surface area contributed by atoms with Gasteiger partial charge < -0.3 is 10.2 Å². The minimum Gasteiger partial charge on any atom is -0.507 e. The fraction of sp³-hybridized carbons (Fsp3) is 0.0476. The van der Waals surface area contributed by atoms with Gasteiger partial charge in [-0.2, -0.15) is 0 Å². The van der Waals surface area contributed by atoms with E-state index in [2.05, 4.69) is 16.0 Å². The number of thiophene rings is 1. The minimum atomic E-state index is -0.745. The zero-order chi connectivity index (χ0) is 18.4. The topological polar surface area (TPSA) is 66.2 Å². The minimum absolute atomic E-state index is 0.219. The number of benzene rings is 2. The number of hydrogen-bond acceptors (Lipinski definition) is 6. The van der Waals surface area contributed by atoms with E-state index in [0.29, 0.717) is 5.01 Å². The van der Waals surface area contributed by atoms with E-state index >= 15 is 0 Å². The monoisotopic (exact) mass is 390 g/mol. The molecule has 4 nitrogen and oxygen atoms in total. The van der Waals surface area contributed by atoms with E-state index in [1.54, 1.807) is 23.6 Å². The first-order valence-corrected chi connectivity index (χ1v) is 10.1. The quantitative estimate of drug-likeness (QED) is 0.435. The molecule has 2 N–H and O–H groups in total. The highest BCUT2D eigenvalue weighted by Crippen LogP contribution is 2.40. The van der Waals surface area contributed by atoms with Gasteiger partial charge in [-0.15, -0.1) is 22.7 Å². The van der Waals surface area contributed by atoms with Gasteiger partial charge in [-0.05, 0) is 34.7 Å². The van der Waals surface area contributed by atoms with E-state index in [-0.39, 0.29) is 5.75 Å². The van der Waals surface area contributed by atoms with Gasteiger partial charge in [0.25, 0.3) is 0 Å². The van der Waals surface area contributed by atoms with Gasteiger partial charge in [0.05, 0.1) is 10.2 Å². The molecule has 0 aliphatic rings. The Balaban J connectivity index is 1.67. The molecule has 1 unspecified atom stereocenters. The maximum absolute atomic E-state index is 10.6. The number of fused-ring (bicyclic) bond motifs is 3. The number of phenols is 1. The standard InChI is InChI=1S/C21H14N2O2S2/c24-16-6-5-15-19(14-7-9-26-17(14)11-23-15)18(16)12-1-3-13(4-2-12)20(25)21-22-8-10-27-21/h1-11,20,24-25H. The van der Waals surface area contributed by atoms with Crippen LogP contribution in [0.5, 0.6) is 5.75 Å². The molecule has 5 aromatic rings. The molecule has 1 atom stereocenters. The number of aliphatic hydroxyl groups is 1. The van der Waals surface area contributed by atoms with Crippen molar-refractivity contribution in [3.8, 4) is 16.9 Å². The summed E-state index contributed by atoms with van der Waals surface area (Å²) in [5.41, 5.74) is 3.26. The molecule has 3 aromatic heterocycles.